The van der Waals surface area contributed by atoms with E-state index in [-0.39, 0.29) is 36.6 Å². The second-order valence-corrected chi connectivity index (χ2v) is 6.92. The number of hydrogen-bond acceptors (Lipinski definition) is 4. The summed E-state index contributed by atoms with van der Waals surface area (Å²) in [6.45, 7) is 3.39. The molecule has 2 rings (SSSR count). The maximum Gasteiger partial charge on any atom is 0.416 e. The molecular weight excluding hydrogens is 442 g/mol. The Balaban J connectivity index is 2.67. The van der Waals surface area contributed by atoms with Gasteiger partial charge in [-0.05, 0) is 66.8 Å². The molecule has 0 bridgehead atoms. The fraction of sp³-hybridized carbons (Fsp3) is 0.364. The lowest BCUT2D eigenvalue weighted by Gasteiger charge is -2.17. The first-order chi connectivity index (χ1) is 14.8. The number of halogens is 6. The minimum absolute atomic E-state index is 0.0158. The highest BCUT2D eigenvalue weighted by Crippen LogP contribution is 2.40. The molecule has 0 amide bonds. The third-order valence-electron chi connectivity index (χ3n) is 4.68. The second-order valence-electron chi connectivity index (χ2n) is 6.92. The third kappa shape index (κ3) is 6.02. The van der Waals surface area contributed by atoms with Crippen LogP contribution in [0.3, 0.4) is 0 Å². The van der Waals surface area contributed by atoms with E-state index in [0.717, 1.165) is 7.11 Å². The molecule has 4 nitrogen and oxygen atoms in total. The van der Waals surface area contributed by atoms with E-state index in [1.165, 1.54) is 12.1 Å². The van der Waals surface area contributed by atoms with Crippen LogP contribution < -0.4 is 0 Å². The second kappa shape index (κ2) is 9.62. The van der Waals surface area contributed by atoms with E-state index in [1.54, 1.807) is 13.8 Å². The summed E-state index contributed by atoms with van der Waals surface area (Å²) in [4.78, 5) is 23.9. The Morgan fingerprint density at radius 3 is 1.94 bits per heavy atom. The first-order valence-electron chi connectivity index (χ1n) is 9.45. The van der Waals surface area contributed by atoms with Crippen LogP contribution in [0.5, 0.6) is 0 Å². The largest absolute Gasteiger partial charge is 0.466 e. The van der Waals surface area contributed by atoms with E-state index in [1.807, 2.05) is 0 Å². The number of hydrogen-bond donors (Lipinski definition) is 0. The van der Waals surface area contributed by atoms with Gasteiger partial charge in [-0.25, -0.2) is 4.79 Å². The minimum atomic E-state index is -5.03. The van der Waals surface area contributed by atoms with Crippen molar-refractivity contribution in [1.82, 2.24) is 0 Å². The van der Waals surface area contributed by atoms with Crippen molar-refractivity contribution in [3.8, 4) is 11.1 Å². The summed E-state index contributed by atoms with van der Waals surface area (Å²) >= 11 is 0. The predicted molar refractivity (Wildman–Crippen MR) is 103 cm³/mol. The van der Waals surface area contributed by atoms with Gasteiger partial charge in [-0.3, -0.25) is 4.79 Å². The van der Waals surface area contributed by atoms with Gasteiger partial charge in [0.2, 0.25) is 0 Å². The van der Waals surface area contributed by atoms with Crippen molar-refractivity contribution in [2.24, 2.45) is 0 Å². The van der Waals surface area contributed by atoms with Gasteiger partial charge in [0.15, 0.2) is 0 Å². The van der Waals surface area contributed by atoms with Crippen molar-refractivity contribution in [1.29, 1.82) is 0 Å². The first-order valence-corrected chi connectivity index (χ1v) is 9.45. The van der Waals surface area contributed by atoms with Gasteiger partial charge < -0.3 is 9.47 Å². The lowest BCUT2D eigenvalue weighted by atomic mass is 9.90. The molecule has 2 aromatic rings. The van der Waals surface area contributed by atoms with Gasteiger partial charge in [-0.15, -0.1) is 0 Å². The zero-order valence-electron chi connectivity index (χ0n) is 17.4. The smallest absolute Gasteiger partial charge is 0.416 e. The molecule has 0 N–H and O–H groups in total. The van der Waals surface area contributed by atoms with Crippen LogP contribution in [-0.4, -0.2) is 25.7 Å². The minimum Gasteiger partial charge on any atom is -0.466 e. The molecule has 0 spiro atoms. The van der Waals surface area contributed by atoms with Crippen LogP contribution in [0.25, 0.3) is 11.1 Å². The Morgan fingerprint density at radius 1 is 0.906 bits per heavy atom. The first kappa shape index (κ1) is 25.2. The molecule has 0 aliphatic heterocycles. The molecule has 174 valence electrons. The van der Waals surface area contributed by atoms with E-state index in [4.69, 9.17) is 4.74 Å². The molecule has 0 aliphatic carbocycles. The summed E-state index contributed by atoms with van der Waals surface area (Å²) in [7, 11) is 1.04. The average molecular weight is 462 g/mol. The van der Waals surface area contributed by atoms with Crippen LogP contribution in [0, 0.1) is 6.92 Å². The maximum absolute atomic E-state index is 13.3. The van der Waals surface area contributed by atoms with Gasteiger partial charge in [-0.2, -0.15) is 26.3 Å². The highest BCUT2D eigenvalue weighted by Gasteiger charge is 2.37. The van der Waals surface area contributed by atoms with E-state index < -0.39 is 41.0 Å². The molecule has 32 heavy (non-hydrogen) atoms. The number of aryl methyl sites for hydroxylation is 2. The van der Waals surface area contributed by atoms with E-state index in [9.17, 15) is 35.9 Å². The van der Waals surface area contributed by atoms with E-state index >= 15 is 0 Å². The van der Waals surface area contributed by atoms with Gasteiger partial charge >= 0.3 is 24.3 Å². The number of methoxy groups -OCH3 is 1. The SMILES string of the molecule is CCOC(=O)CCc1cc(C(=O)OC)c(-c2cc(C(F)(F)F)cc(C(F)(F)F)c2)cc1C. The number of alkyl halides is 6. The van der Waals surface area contributed by atoms with E-state index in [0.29, 0.717) is 23.3 Å². The van der Waals surface area contributed by atoms with Gasteiger partial charge in [0.05, 0.1) is 30.4 Å². The summed E-state index contributed by atoms with van der Waals surface area (Å²) in [6, 6.07) is 3.73. The topological polar surface area (TPSA) is 52.6 Å². The zero-order chi connectivity index (χ0) is 24.3. The Bertz CT molecular complexity index is 976. The van der Waals surface area contributed by atoms with Crippen LogP contribution >= 0.6 is 0 Å². The van der Waals surface area contributed by atoms with Gasteiger partial charge in [0.1, 0.15) is 0 Å². The maximum atomic E-state index is 13.3. The molecular formula is C22H20F6O4. The lowest BCUT2D eigenvalue weighted by Crippen LogP contribution is -2.12. The predicted octanol–water partition coefficient (Wildman–Crippen LogP) is 5.98. The highest BCUT2D eigenvalue weighted by molar-refractivity contribution is 5.98. The molecule has 0 saturated carbocycles. The third-order valence-corrected chi connectivity index (χ3v) is 4.68. The van der Waals surface area contributed by atoms with Crippen molar-refractivity contribution < 1.29 is 45.4 Å². The Kier molecular flexibility index (Phi) is 7.58. The van der Waals surface area contributed by atoms with Crippen LogP contribution in [0.1, 0.15) is 46.0 Å². The number of esters is 2. The Labute approximate surface area is 180 Å². The standard InChI is InChI=1S/C22H20F6O4/c1-4-32-19(29)6-5-13-10-18(20(30)31-3)17(7-12(13)2)14-8-15(21(23,24)25)11-16(9-14)22(26,27)28/h7-11H,4-6H2,1-3H3. The van der Waals surface area contributed by atoms with E-state index in [2.05, 4.69) is 4.74 Å². The fourth-order valence-corrected chi connectivity index (χ4v) is 3.12. The molecule has 0 saturated heterocycles. The van der Waals surface area contributed by atoms with Crippen molar-refractivity contribution in [2.45, 2.75) is 39.0 Å². The molecule has 0 aromatic heterocycles. The number of carbonyl (C=O) groups is 2. The van der Waals surface area contributed by atoms with Crippen LogP contribution in [0.2, 0.25) is 0 Å². The highest BCUT2D eigenvalue weighted by atomic mass is 19.4. The van der Waals surface area contributed by atoms with Crippen molar-refractivity contribution >= 4 is 11.9 Å². The van der Waals surface area contributed by atoms with Crippen LogP contribution in [0.4, 0.5) is 26.3 Å². The average Bonchev–Trinajstić information content (AvgIpc) is 2.70. The quantitative estimate of drug-likeness (QED) is 0.391. The fourth-order valence-electron chi connectivity index (χ4n) is 3.12. The molecule has 0 heterocycles. The number of rotatable bonds is 6. The molecule has 0 aliphatic rings. The molecule has 2 aromatic carbocycles. The van der Waals surface area contributed by atoms with Crippen LogP contribution in [0.15, 0.2) is 30.3 Å². The van der Waals surface area contributed by atoms with Crippen molar-refractivity contribution in [2.75, 3.05) is 13.7 Å². The Hall–Kier alpha value is -3.04. The zero-order valence-corrected chi connectivity index (χ0v) is 17.4. The molecule has 0 fully saturated rings. The van der Waals surface area contributed by atoms with Crippen molar-refractivity contribution in [3.05, 3.63) is 58.1 Å². The summed E-state index contributed by atoms with van der Waals surface area (Å²) in [5.41, 5.74) is -2.82. The molecule has 0 radical (unpaired) electrons. The molecule has 0 unspecified atom stereocenters. The van der Waals surface area contributed by atoms with Gasteiger partial charge in [-0.1, -0.05) is 6.07 Å². The van der Waals surface area contributed by atoms with Gasteiger partial charge in [0.25, 0.3) is 0 Å². The monoisotopic (exact) mass is 462 g/mol. The van der Waals surface area contributed by atoms with Gasteiger partial charge in [0, 0.05) is 6.42 Å². The molecule has 0 atom stereocenters. The normalized spacial score (nSPS) is 11.9. The van der Waals surface area contributed by atoms with Crippen molar-refractivity contribution in [3.63, 3.8) is 0 Å². The van der Waals surface area contributed by atoms with Crippen LogP contribution in [-0.2, 0) is 33.0 Å². The molecule has 10 heteroatoms. The number of benzene rings is 2. The summed E-state index contributed by atoms with van der Waals surface area (Å²) in [5, 5.41) is 0. The number of carbonyl (C=O) groups excluding carboxylic acids is 2. The lowest BCUT2D eigenvalue weighted by molar-refractivity contribution is -0.144. The summed E-state index contributed by atoms with van der Waals surface area (Å²) in [6.07, 6.45) is -9.92. The summed E-state index contributed by atoms with van der Waals surface area (Å²) in [5.74, 6) is -1.42. The number of ether oxygens (including phenoxy) is 2. The Morgan fingerprint density at radius 2 is 1.47 bits per heavy atom. The summed E-state index contributed by atoms with van der Waals surface area (Å²) < 4.78 is 89.1.